The quantitative estimate of drug-likeness (QED) is 0.763. The molecule has 0 bridgehead atoms. The second-order valence-corrected chi connectivity index (χ2v) is 7.77. The Balaban J connectivity index is 1.82. The number of hydrogen-bond donors (Lipinski definition) is 1. The summed E-state index contributed by atoms with van der Waals surface area (Å²) in [5.41, 5.74) is 0.421. The van der Waals surface area contributed by atoms with Gasteiger partial charge in [0.05, 0.1) is 17.0 Å². The number of carbonyl (C=O) groups excluding carboxylic acids is 2. The minimum atomic E-state index is -1.10. The molecule has 1 aromatic carbocycles. The lowest BCUT2D eigenvalue weighted by molar-refractivity contribution is -0.153. The third-order valence-corrected chi connectivity index (χ3v) is 5.84. The largest absolute Gasteiger partial charge is 0.508 e. The third-order valence-electron chi connectivity index (χ3n) is 4.97. The summed E-state index contributed by atoms with van der Waals surface area (Å²) in [5, 5.41) is 21.8. The molecule has 1 saturated carbocycles. The summed E-state index contributed by atoms with van der Waals surface area (Å²) in [5.74, 6) is -1.09. The first-order valence-corrected chi connectivity index (χ1v) is 10.1. The number of hydrogen-bond acceptors (Lipinski definition) is 6. The predicted octanol–water partition coefficient (Wildman–Crippen LogP) is 4.17. The first-order valence-electron chi connectivity index (χ1n) is 9.23. The molecule has 1 fully saturated rings. The molecular weight excluding hydrogens is 376 g/mol. The highest BCUT2D eigenvalue weighted by Crippen LogP contribution is 2.35. The Labute approximate surface area is 168 Å². The zero-order valence-corrected chi connectivity index (χ0v) is 16.4. The molecule has 1 N–H and O–H groups in total. The van der Waals surface area contributed by atoms with Crippen LogP contribution in [-0.2, 0) is 14.3 Å². The van der Waals surface area contributed by atoms with Crippen LogP contribution in [0.4, 0.5) is 5.00 Å². The lowest BCUT2D eigenvalue weighted by Crippen LogP contribution is -2.48. The van der Waals surface area contributed by atoms with Crippen molar-refractivity contribution < 1.29 is 19.4 Å². The molecule has 3 atom stereocenters. The van der Waals surface area contributed by atoms with Crippen molar-refractivity contribution >= 4 is 28.2 Å². The number of amides is 1. The van der Waals surface area contributed by atoms with Gasteiger partial charge in [-0.05, 0) is 42.5 Å². The van der Waals surface area contributed by atoms with Crippen LogP contribution < -0.4 is 4.90 Å². The van der Waals surface area contributed by atoms with Gasteiger partial charge >= 0.3 is 5.97 Å². The predicted molar refractivity (Wildman–Crippen MR) is 106 cm³/mol. The van der Waals surface area contributed by atoms with Crippen LogP contribution >= 0.6 is 11.3 Å². The number of carbonyl (C=O) groups is 2. The number of ether oxygens (including phenoxy) is 1. The fourth-order valence-corrected chi connectivity index (χ4v) is 4.55. The van der Waals surface area contributed by atoms with Gasteiger partial charge in [0, 0.05) is 12.5 Å². The molecule has 6 nitrogen and oxygen atoms in total. The molecule has 0 saturated heterocycles. The monoisotopic (exact) mass is 398 g/mol. The first kappa shape index (κ1) is 19.9. The molecule has 1 aliphatic rings. The van der Waals surface area contributed by atoms with E-state index in [1.165, 1.54) is 30.4 Å². The molecule has 3 unspecified atom stereocenters. The molecule has 2 aromatic rings. The maximum atomic E-state index is 13.0. The standard InChI is InChI=1S/C21H22N2O4S/c1-14(24)23(20-10-5-11-28-20)18-9-3-2-8-17(18)21(26)27-19(13-22)15-6-4-7-16(25)12-15/h4-7,10-12,17-19,25H,2-3,8-9H2,1H3. The smallest absolute Gasteiger partial charge is 0.312 e. The SMILES string of the molecule is CC(=O)N(c1cccs1)C1CCCCC1C(=O)OC(C#N)c1cccc(O)c1. The fraction of sp³-hybridized carbons (Fsp3) is 0.381. The number of nitrogens with zero attached hydrogens (tertiary/aromatic N) is 2. The van der Waals surface area contributed by atoms with Gasteiger partial charge in [0.25, 0.3) is 0 Å². The van der Waals surface area contributed by atoms with Crippen LogP contribution in [0.15, 0.2) is 41.8 Å². The van der Waals surface area contributed by atoms with Crippen LogP contribution in [0.25, 0.3) is 0 Å². The van der Waals surface area contributed by atoms with E-state index in [0.717, 1.165) is 17.8 Å². The Morgan fingerprint density at radius 1 is 1.29 bits per heavy atom. The van der Waals surface area contributed by atoms with Gasteiger partial charge < -0.3 is 14.7 Å². The Kier molecular flexibility index (Phi) is 6.32. The fourth-order valence-electron chi connectivity index (χ4n) is 3.71. The van der Waals surface area contributed by atoms with E-state index < -0.39 is 18.0 Å². The molecule has 0 radical (unpaired) electrons. The summed E-state index contributed by atoms with van der Waals surface area (Å²) >= 11 is 1.46. The average molecular weight is 398 g/mol. The zero-order chi connectivity index (χ0) is 20.1. The van der Waals surface area contributed by atoms with Gasteiger partial charge in [0.1, 0.15) is 11.8 Å². The van der Waals surface area contributed by atoms with Gasteiger partial charge in [-0.2, -0.15) is 5.26 Å². The number of benzene rings is 1. The van der Waals surface area contributed by atoms with Crippen LogP contribution in [0.5, 0.6) is 5.75 Å². The van der Waals surface area contributed by atoms with Crippen molar-refractivity contribution in [2.75, 3.05) is 4.90 Å². The second kappa shape index (κ2) is 8.89. The number of phenols is 1. The molecule has 28 heavy (non-hydrogen) atoms. The number of anilines is 1. The van der Waals surface area contributed by atoms with Gasteiger partial charge in [-0.25, -0.2) is 0 Å². The molecule has 0 spiro atoms. The summed E-state index contributed by atoms with van der Waals surface area (Å²) in [7, 11) is 0. The lowest BCUT2D eigenvalue weighted by Gasteiger charge is -2.37. The number of aromatic hydroxyl groups is 1. The van der Waals surface area contributed by atoms with E-state index in [9.17, 15) is 20.0 Å². The van der Waals surface area contributed by atoms with Gasteiger partial charge in [-0.1, -0.05) is 25.0 Å². The summed E-state index contributed by atoms with van der Waals surface area (Å²) in [6, 6.07) is 11.6. The first-order chi connectivity index (χ1) is 13.5. The highest BCUT2D eigenvalue weighted by atomic mass is 32.1. The maximum Gasteiger partial charge on any atom is 0.312 e. The molecule has 0 aliphatic heterocycles. The van der Waals surface area contributed by atoms with E-state index in [1.807, 2.05) is 23.6 Å². The van der Waals surface area contributed by atoms with Crippen molar-refractivity contribution in [1.29, 1.82) is 5.26 Å². The van der Waals surface area contributed by atoms with E-state index in [4.69, 9.17) is 4.74 Å². The molecule has 3 rings (SSSR count). The van der Waals surface area contributed by atoms with Crippen molar-refractivity contribution in [3.63, 3.8) is 0 Å². The average Bonchev–Trinajstić information content (AvgIpc) is 3.20. The van der Waals surface area contributed by atoms with Crippen molar-refractivity contribution in [1.82, 2.24) is 0 Å². The van der Waals surface area contributed by atoms with Crippen molar-refractivity contribution in [3.05, 3.63) is 47.3 Å². The summed E-state index contributed by atoms with van der Waals surface area (Å²) in [6.07, 6.45) is 2.01. The summed E-state index contributed by atoms with van der Waals surface area (Å²) < 4.78 is 5.51. The third kappa shape index (κ3) is 4.34. The minimum absolute atomic E-state index is 0.00444. The van der Waals surface area contributed by atoms with Crippen LogP contribution in [0, 0.1) is 17.2 Å². The molecule has 1 aromatic heterocycles. The van der Waals surface area contributed by atoms with Crippen molar-refractivity contribution in [2.45, 2.75) is 44.8 Å². The van der Waals surface area contributed by atoms with Crippen molar-refractivity contribution in [3.8, 4) is 11.8 Å². The highest BCUT2D eigenvalue weighted by Gasteiger charge is 2.39. The molecule has 146 valence electrons. The van der Waals surface area contributed by atoms with Crippen LogP contribution in [0.3, 0.4) is 0 Å². The van der Waals surface area contributed by atoms with Crippen LogP contribution in [0.2, 0.25) is 0 Å². The minimum Gasteiger partial charge on any atom is -0.508 e. The topological polar surface area (TPSA) is 90.6 Å². The van der Waals surface area contributed by atoms with Crippen molar-refractivity contribution in [2.24, 2.45) is 5.92 Å². The zero-order valence-electron chi connectivity index (χ0n) is 15.6. The lowest BCUT2D eigenvalue weighted by atomic mass is 9.83. The Hall–Kier alpha value is -2.85. The Morgan fingerprint density at radius 2 is 2.07 bits per heavy atom. The molecule has 1 heterocycles. The van der Waals surface area contributed by atoms with Gasteiger partial charge in [-0.3, -0.25) is 9.59 Å². The maximum absolute atomic E-state index is 13.0. The molecule has 7 heteroatoms. The number of phenolic OH excluding ortho intramolecular Hbond substituents is 1. The number of thiophene rings is 1. The number of rotatable bonds is 5. The van der Waals surface area contributed by atoms with Crippen LogP contribution in [-0.4, -0.2) is 23.0 Å². The van der Waals surface area contributed by atoms with Gasteiger partial charge in [0.2, 0.25) is 12.0 Å². The molecule has 1 aliphatic carbocycles. The Bertz CT molecular complexity index is 875. The van der Waals surface area contributed by atoms with E-state index in [-0.39, 0.29) is 17.7 Å². The normalized spacial score (nSPS) is 20.0. The Morgan fingerprint density at radius 3 is 2.71 bits per heavy atom. The van der Waals surface area contributed by atoms with Gasteiger partial charge in [0.15, 0.2) is 0 Å². The van der Waals surface area contributed by atoms with Gasteiger partial charge in [-0.15, -0.1) is 11.3 Å². The second-order valence-electron chi connectivity index (χ2n) is 6.84. The summed E-state index contributed by atoms with van der Waals surface area (Å²) in [4.78, 5) is 27.0. The van der Waals surface area contributed by atoms with E-state index >= 15 is 0 Å². The van der Waals surface area contributed by atoms with E-state index in [0.29, 0.717) is 18.4 Å². The summed E-state index contributed by atoms with van der Waals surface area (Å²) in [6.45, 7) is 1.50. The molecule has 1 amide bonds. The highest BCUT2D eigenvalue weighted by molar-refractivity contribution is 7.14. The molecular formula is C21H22N2O4S. The van der Waals surface area contributed by atoms with Crippen LogP contribution in [0.1, 0.15) is 44.3 Å². The van der Waals surface area contributed by atoms with E-state index in [1.54, 1.807) is 17.0 Å². The number of esters is 1. The number of nitriles is 1. The van der Waals surface area contributed by atoms with E-state index in [2.05, 4.69) is 0 Å².